The van der Waals surface area contributed by atoms with E-state index in [4.69, 9.17) is 5.11 Å². The number of carbonyl (C=O) groups excluding carboxylic acids is 1. The van der Waals surface area contributed by atoms with Crippen molar-refractivity contribution in [1.82, 2.24) is 5.32 Å². The summed E-state index contributed by atoms with van der Waals surface area (Å²) in [6.07, 6.45) is -5.55. The molecule has 2 N–H and O–H groups in total. The van der Waals surface area contributed by atoms with Crippen molar-refractivity contribution in [2.75, 3.05) is 6.54 Å². The van der Waals surface area contributed by atoms with Gasteiger partial charge in [-0.2, -0.15) is 13.2 Å². The van der Waals surface area contributed by atoms with E-state index in [1.807, 2.05) is 30.3 Å². The monoisotopic (exact) mass is 547 g/mol. The molecule has 0 bridgehead atoms. The third kappa shape index (κ3) is 7.50. The first-order valence-corrected chi connectivity index (χ1v) is 13.3. The highest BCUT2D eigenvalue weighted by Gasteiger charge is 2.29. The number of halogens is 3. The zero-order chi connectivity index (χ0) is 28.9. The van der Waals surface area contributed by atoms with Crippen LogP contribution < -0.4 is 5.32 Å². The van der Waals surface area contributed by atoms with Crippen molar-refractivity contribution < 1.29 is 27.9 Å². The Balaban J connectivity index is 1.59. The molecular weight excluding hydrogens is 515 g/mol. The average Bonchev–Trinajstić information content (AvgIpc) is 2.92. The van der Waals surface area contributed by atoms with E-state index in [1.165, 1.54) is 5.56 Å². The molecule has 0 heterocycles. The van der Waals surface area contributed by atoms with Gasteiger partial charge >= 0.3 is 12.1 Å². The topological polar surface area (TPSA) is 66.4 Å². The van der Waals surface area contributed by atoms with Gasteiger partial charge < -0.3 is 10.4 Å². The molecule has 1 unspecified atom stereocenters. The third-order valence-electron chi connectivity index (χ3n) is 7.09. The van der Waals surface area contributed by atoms with Crippen LogP contribution in [0.25, 0.3) is 21.9 Å². The van der Waals surface area contributed by atoms with E-state index in [2.05, 4.69) is 49.5 Å². The molecule has 4 nitrogen and oxygen atoms in total. The van der Waals surface area contributed by atoms with Crippen LogP contribution in [0.4, 0.5) is 13.2 Å². The molecule has 0 radical (unpaired) electrons. The predicted molar refractivity (Wildman–Crippen MR) is 152 cm³/mol. The Morgan fingerprint density at radius 3 is 1.98 bits per heavy atom. The summed E-state index contributed by atoms with van der Waals surface area (Å²) in [5.41, 5.74) is 5.20. The number of carboxylic acids is 1. The Morgan fingerprint density at radius 1 is 0.775 bits per heavy atom. The molecule has 0 aliphatic heterocycles. The fourth-order valence-electron chi connectivity index (χ4n) is 4.81. The highest BCUT2D eigenvalue weighted by atomic mass is 19.4. The number of hydrogen-bond acceptors (Lipinski definition) is 2. The molecule has 1 amide bonds. The number of alkyl halides is 3. The first kappa shape index (κ1) is 28.9. The lowest BCUT2D eigenvalue weighted by Crippen LogP contribution is -2.25. The third-order valence-corrected chi connectivity index (χ3v) is 7.09. The zero-order valence-electron chi connectivity index (χ0n) is 22.5. The predicted octanol–water partition coefficient (Wildman–Crippen LogP) is 8.31. The molecule has 4 rings (SSSR count). The van der Waals surface area contributed by atoms with E-state index >= 15 is 0 Å². The van der Waals surface area contributed by atoms with Crippen LogP contribution in [0.1, 0.15) is 72.0 Å². The number of rotatable bonds is 10. The molecule has 7 heteroatoms. The number of carboxylic acid groups (broad SMARTS) is 1. The van der Waals surface area contributed by atoms with E-state index in [0.29, 0.717) is 17.0 Å². The quantitative estimate of drug-likeness (QED) is 0.210. The van der Waals surface area contributed by atoms with Gasteiger partial charge in [-0.1, -0.05) is 80.6 Å². The molecule has 0 aliphatic carbocycles. The molecule has 0 aliphatic rings. The lowest BCUT2D eigenvalue weighted by Gasteiger charge is -2.20. The molecule has 0 fully saturated rings. The van der Waals surface area contributed by atoms with Gasteiger partial charge in [-0.15, -0.1) is 0 Å². The van der Waals surface area contributed by atoms with E-state index < -0.39 is 30.4 Å². The van der Waals surface area contributed by atoms with Gasteiger partial charge in [0.2, 0.25) is 0 Å². The van der Waals surface area contributed by atoms with Gasteiger partial charge in [0.05, 0.1) is 6.42 Å². The Kier molecular flexibility index (Phi) is 8.93. The van der Waals surface area contributed by atoms with Crippen LogP contribution in [0, 0.1) is 0 Å². The van der Waals surface area contributed by atoms with Gasteiger partial charge in [-0.3, -0.25) is 9.59 Å². The average molecular weight is 548 g/mol. The lowest BCUT2D eigenvalue weighted by molar-refractivity contribution is -0.137. The molecule has 0 saturated heterocycles. The lowest BCUT2D eigenvalue weighted by atomic mass is 9.85. The highest BCUT2D eigenvalue weighted by molar-refractivity contribution is 5.94. The fourth-order valence-corrected chi connectivity index (χ4v) is 4.81. The summed E-state index contributed by atoms with van der Waals surface area (Å²) >= 11 is 0. The summed E-state index contributed by atoms with van der Waals surface area (Å²) < 4.78 is 39.7. The van der Waals surface area contributed by atoms with Crippen molar-refractivity contribution in [3.05, 3.63) is 107 Å². The Bertz CT molecular complexity index is 1480. The first-order chi connectivity index (χ1) is 19.0. The number of aliphatic carboxylic acids is 1. The number of carbonyl (C=O) groups is 2. The van der Waals surface area contributed by atoms with E-state index in [9.17, 15) is 22.8 Å². The van der Waals surface area contributed by atoms with Gasteiger partial charge in [0.1, 0.15) is 0 Å². The number of benzene rings is 4. The molecule has 0 spiro atoms. The molecule has 4 aromatic rings. The second kappa shape index (κ2) is 12.4. The SMILES string of the molecule is CC(C)c1ccc(-c2ccc3cc(C(CCC(F)(F)F)c4ccc(C(=O)NCCC(=O)O)cc4)ccc3c2)cc1. The van der Waals surface area contributed by atoms with Crippen LogP contribution in [0.5, 0.6) is 0 Å². The fraction of sp³-hybridized carbons (Fsp3) is 0.273. The van der Waals surface area contributed by atoms with Crippen molar-refractivity contribution in [1.29, 1.82) is 0 Å². The largest absolute Gasteiger partial charge is 0.481 e. The number of amides is 1. The van der Waals surface area contributed by atoms with E-state index in [0.717, 1.165) is 27.5 Å². The van der Waals surface area contributed by atoms with Gasteiger partial charge in [0, 0.05) is 24.4 Å². The summed E-state index contributed by atoms with van der Waals surface area (Å²) in [7, 11) is 0. The zero-order valence-corrected chi connectivity index (χ0v) is 22.5. The van der Waals surface area contributed by atoms with Gasteiger partial charge in [0.15, 0.2) is 0 Å². The van der Waals surface area contributed by atoms with Crippen LogP contribution in [0.2, 0.25) is 0 Å². The standard InChI is InChI=1S/C33H32F3NO3/c1-21(2)22-3-5-23(6-4-22)26-11-12-28-20-29(14-13-27(28)19-26)30(15-17-33(34,35)36)24-7-9-25(10-8-24)32(40)37-18-16-31(38)39/h3-14,19-21,30H,15-18H2,1-2H3,(H,37,40)(H,38,39). The molecule has 4 aromatic carbocycles. The van der Waals surface area contributed by atoms with E-state index in [1.54, 1.807) is 24.3 Å². The minimum atomic E-state index is -4.29. The molecule has 40 heavy (non-hydrogen) atoms. The molecule has 0 saturated carbocycles. The highest BCUT2D eigenvalue weighted by Crippen LogP contribution is 2.36. The van der Waals surface area contributed by atoms with Crippen molar-refractivity contribution in [2.45, 2.75) is 51.1 Å². The maximum atomic E-state index is 13.2. The minimum absolute atomic E-state index is 0.00775. The number of hydrogen-bond donors (Lipinski definition) is 2. The summed E-state index contributed by atoms with van der Waals surface area (Å²) in [6, 6.07) is 26.8. The summed E-state index contributed by atoms with van der Waals surface area (Å²) in [4.78, 5) is 23.0. The van der Waals surface area contributed by atoms with Crippen LogP contribution in [-0.2, 0) is 4.79 Å². The molecular formula is C33H32F3NO3. The normalized spacial score (nSPS) is 12.4. The Labute approximate surface area is 231 Å². The minimum Gasteiger partial charge on any atom is -0.481 e. The van der Waals surface area contributed by atoms with Crippen LogP contribution in [0.15, 0.2) is 84.9 Å². The smallest absolute Gasteiger partial charge is 0.389 e. The van der Waals surface area contributed by atoms with Crippen molar-refractivity contribution in [3.63, 3.8) is 0 Å². The molecule has 0 aromatic heterocycles. The van der Waals surface area contributed by atoms with Crippen molar-refractivity contribution >= 4 is 22.6 Å². The van der Waals surface area contributed by atoms with E-state index in [-0.39, 0.29) is 19.4 Å². The maximum absolute atomic E-state index is 13.2. The summed E-state index contributed by atoms with van der Waals surface area (Å²) in [5, 5.41) is 13.2. The van der Waals surface area contributed by atoms with Gasteiger partial charge in [-0.25, -0.2) is 0 Å². The summed E-state index contributed by atoms with van der Waals surface area (Å²) in [6.45, 7) is 4.30. The Morgan fingerprint density at radius 2 is 1.35 bits per heavy atom. The first-order valence-electron chi connectivity index (χ1n) is 13.3. The van der Waals surface area contributed by atoms with Gasteiger partial charge in [0.25, 0.3) is 5.91 Å². The van der Waals surface area contributed by atoms with Gasteiger partial charge in [-0.05, 0) is 69.1 Å². The van der Waals surface area contributed by atoms with Crippen LogP contribution in [-0.4, -0.2) is 29.7 Å². The summed E-state index contributed by atoms with van der Waals surface area (Å²) in [5.74, 6) is -1.51. The van der Waals surface area contributed by atoms with Crippen molar-refractivity contribution in [2.24, 2.45) is 0 Å². The molecule has 1 atom stereocenters. The van der Waals surface area contributed by atoms with Crippen LogP contribution in [0.3, 0.4) is 0 Å². The molecule has 208 valence electrons. The van der Waals surface area contributed by atoms with Crippen molar-refractivity contribution in [3.8, 4) is 11.1 Å². The second-order valence-electron chi connectivity index (χ2n) is 10.3. The number of nitrogens with one attached hydrogen (secondary N) is 1. The maximum Gasteiger partial charge on any atom is 0.389 e. The second-order valence-corrected chi connectivity index (χ2v) is 10.3. The Hall–Kier alpha value is -4.13. The van der Waals surface area contributed by atoms with Crippen LogP contribution >= 0.6 is 0 Å². The number of fused-ring (bicyclic) bond motifs is 1.